The number of nitrogens with one attached hydrogen (secondary N) is 1. The topological polar surface area (TPSA) is 95.2 Å². The van der Waals surface area contributed by atoms with Crippen molar-refractivity contribution in [1.29, 1.82) is 0 Å². The number of furan rings is 1. The van der Waals surface area contributed by atoms with Crippen molar-refractivity contribution in [2.75, 3.05) is 23.5 Å². The Balaban J connectivity index is 1.18. The molecule has 0 saturated carbocycles. The Bertz CT molecular complexity index is 1800. The van der Waals surface area contributed by atoms with Crippen LogP contribution >= 0.6 is 0 Å². The van der Waals surface area contributed by atoms with Gasteiger partial charge in [0.1, 0.15) is 23.0 Å². The van der Waals surface area contributed by atoms with Gasteiger partial charge < -0.3 is 19.4 Å². The van der Waals surface area contributed by atoms with Crippen LogP contribution in [0.15, 0.2) is 89.3 Å². The van der Waals surface area contributed by atoms with Crippen molar-refractivity contribution in [3.8, 4) is 5.75 Å². The van der Waals surface area contributed by atoms with Crippen molar-refractivity contribution in [3.63, 3.8) is 0 Å². The minimum Gasteiger partial charge on any atom is -0.490 e. The first-order valence-corrected chi connectivity index (χ1v) is 14.6. The van der Waals surface area contributed by atoms with E-state index in [2.05, 4.69) is 24.1 Å². The van der Waals surface area contributed by atoms with Gasteiger partial charge >= 0.3 is 0 Å². The molecule has 0 aliphatic carbocycles. The third-order valence-electron chi connectivity index (χ3n) is 8.13. The monoisotopic (exact) mass is 577 g/mol. The summed E-state index contributed by atoms with van der Waals surface area (Å²) in [7, 11) is 0. The molecule has 220 valence electrons. The van der Waals surface area contributed by atoms with Crippen LogP contribution in [0.3, 0.4) is 0 Å². The number of hydrogen-bond acceptors (Lipinski definition) is 6. The summed E-state index contributed by atoms with van der Waals surface area (Å²) in [5, 5.41) is 16.3. The Morgan fingerprint density at radius 1 is 0.953 bits per heavy atom. The third kappa shape index (κ3) is 5.84. The highest BCUT2D eigenvalue weighted by Crippen LogP contribution is 2.32. The van der Waals surface area contributed by atoms with Gasteiger partial charge in [0.25, 0.3) is 11.8 Å². The summed E-state index contributed by atoms with van der Waals surface area (Å²) in [6.45, 7) is 8.14. The second kappa shape index (κ2) is 11.9. The number of likely N-dealkylation sites (tertiary alicyclic amines) is 1. The van der Waals surface area contributed by atoms with Crippen LogP contribution in [-0.2, 0) is 0 Å². The highest BCUT2D eigenvalue weighted by molar-refractivity contribution is 6.16. The van der Waals surface area contributed by atoms with E-state index in [1.54, 1.807) is 49.4 Å². The molecule has 2 amide bonds. The Morgan fingerprint density at radius 3 is 2.49 bits per heavy atom. The lowest BCUT2D eigenvalue weighted by atomic mass is 10.1. The van der Waals surface area contributed by atoms with Crippen molar-refractivity contribution in [2.45, 2.75) is 45.8 Å². The molecular formula is C35H35N3O5. The zero-order valence-electron chi connectivity index (χ0n) is 24.5. The molecule has 43 heavy (non-hydrogen) atoms. The molecule has 2 N–H and O–H groups in total. The van der Waals surface area contributed by atoms with E-state index in [4.69, 9.17) is 9.15 Å². The van der Waals surface area contributed by atoms with E-state index in [0.29, 0.717) is 50.4 Å². The van der Waals surface area contributed by atoms with Crippen molar-refractivity contribution < 1.29 is 24.0 Å². The van der Waals surface area contributed by atoms with Gasteiger partial charge in [0.2, 0.25) is 0 Å². The van der Waals surface area contributed by atoms with Gasteiger partial charge in [-0.2, -0.15) is 5.06 Å². The maximum Gasteiger partial charge on any atom is 0.282 e. The maximum atomic E-state index is 13.4. The van der Waals surface area contributed by atoms with Gasteiger partial charge in [-0.1, -0.05) is 42.5 Å². The molecule has 1 aliphatic heterocycles. The number of hydrogen-bond donors (Lipinski definition) is 2. The van der Waals surface area contributed by atoms with Gasteiger partial charge in [-0.05, 0) is 81.6 Å². The van der Waals surface area contributed by atoms with Crippen LogP contribution in [0.25, 0.3) is 21.9 Å². The molecule has 1 aliphatic rings. The number of carbonyl (C=O) groups excluding carboxylic acids is 2. The molecule has 1 fully saturated rings. The molecule has 2 heterocycles. The zero-order chi connectivity index (χ0) is 30.1. The lowest BCUT2D eigenvalue weighted by Crippen LogP contribution is -2.41. The van der Waals surface area contributed by atoms with Gasteiger partial charge in [-0.15, -0.1) is 0 Å². The predicted octanol–water partition coefficient (Wildman–Crippen LogP) is 7.43. The number of aryl methyl sites for hydroxylation is 1. The first-order chi connectivity index (χ1) is 20.8. The van der Waals surface area contributed by atoms with Crippen LogP contribution in [0, 0.1) is 6.92 Å². The number of amides is 2. The molecule has 0 spiro atoms. The molecule has 5 aromatic rings. The van der Waals surface area contributed by atoms with E-state index in [9.17, 15) is 14.8 Å². The van der Waals surface area contributed by atoms with Crippen LogP contribution in [-0.4, -0.2) is 47.2 Å². The highest BCUT2D eigenvalue weighted by atomic mass is 16.5. The fraction of sp³-hybridized carbons (Fsp3) is 0.257. The SMILES string of the molecule is Cc1ccc(NC(=O)c2cccc3c2oc2ccccc23)cc1N(O)C(=O)c1cccc(OC2CCN(C(C)C)CC2)c1. The zero-order valence-corrected chi connectivity index (χ0v) is 24.5. The van der Waals surface area contributed by atoms with Crippen LogP contribution < -0.4 is 15.1 Å². The maximum absolute atomic E-state index is 13.4. The van der Waals surface area contributed by atoms with Crippen molar-refractivity contribution in [1.82, 2.24) is 4.90 Å². The largest absolute Gasteiger partial charge is 0.490 e. The van der Waals surface area contributed by atoms with Gasteiger partial charge in [0.15, 0.2) is 0 Å². The molecule has 0 radical (unpaired) electrons. The van der Waals surface area contributed by atoms with E-state index in [-0.39, 0.29) is 17.7 Å². The van der Waals surface area contributed by atoms with Gasteiger partial charge in [0, 0.05) is 41.2 Å². The van der Waals surface area contributed by atoms with Crippen molar-refractivity contribution in [2.24, 2.45) is 0 Å². The van der Waals surface area contributed by atoms with Crippen molar-refractivity contribution >= 4 is 45.1 Å². The Kier molecular flexibility index (Phi) is 7.88. The van der Waals surface area contributed by atoms with E-state index < -0.39 is 5.91 Å². The number of hydroxylamine groups is 1. The molecule has 1 aromatic heterocycles. The van der Waals surface area contributed by atoms with Gasteiger partial charge in [0.05, 0.1) is 11.3 Å². The Labute approximate surface area is 250 Å². The number of piperidine rings is 1. The molecule has 8 heteroatoms. The average molecular weight is 578 g/mol. The van der Waals surface area contributed by atoms with E-state index in [0.717, 1.165) is 36.7 Å². The fourth-order valence-electron chi connectivity index (χ4n) is 5.68. The minimum atomic E-state index is -0.598. The smallest absolute Gasteiger partial charge is 0.282 e. The summed E-state index contributed by atoms with van der Waals surface area (Å²) in [4.78, 5) is 29.1. The predicted molar refractivity (Wildman–Crippen MR) is 168 cm³/mol. The number of nitrogens with zero attached hydrogens (tertiary/aromatic N) is 2. The number of fused-ring (bicyclic) bond motifs is 3. The van der Waals surface area contributed by atoms with E-state index in [1.165, 1.54) is 0 Å². The molecule has 0 atom stereocenters. The standard InChI is InChI=1S/C35H35N3O5/c1-22(2)37-18-16-26(17-19-37)42-27-9-6-8-24(20-27)35(40)38(41)31-21-25(15-14-23(31)3)36-34(39)30-12-7-11-29-28-10-4-5-13-32(28)43-33(29)30/h4-15,20-22,26,41H,16-19H2,1-3H3,(H,36,39). The van der Waals surface area contributed by atoms with Gasteiger partial charge in [-0.3, -0.25) is 14.8 Å². The van der Waals surface area contributed by atoms with Crippen LogP contribution in [0.4, 0.5) is 11.4 Å². The molecular weight excluding hydrogens is 542 g/mol. The number of rotatable bonds is 7. The number of anilines is 2. The fourth-order valence-corrected chi connectivity index (χ4v) is 5.68. The first-order valence-electron chi connectivity index (χ1n) is 14.6. The number of para-hydroxylation sites is 2. The highest BCUT2D eigenvalue weighted by Gasteiger charge is 2.24. The second-order valence-corrected chi connectivity index (χ2v) is 11.3. The molecule has 0 bridgehead atoms. The van der Waals surface area contributed by atoms with Crippen molar-refractivity contribution in [3.05, 3.63) is 102 Å². The lowest BCUT2D eigenvalue weighted by molar-refractivity contribution is 0.0825. The first kappa shape index (κ1) is 28.5. The summed E-state index contributed by atoms with van der Waals surface area (Å²) >= 11 is 0. The molecule has 0 unspecified atom stereocenters. The summed E-state index contributed by atoms with van der Waals surface area (Å²) in [5.74, 6) is -0.363. The normalized spacial score (nSPS) is 14.3. The summed E-state index contributed by atoms with van der Waals surface area (Å²) in [5.41, 5.74) is 3.24. The number of carbonyl (C=O) groups is 2. The minimum absolute atomic E-state index is 0.0820. The summed E-state index contributed by atoms with van der Waals surface area (Å²) in [6.07, 6.45) is 1.93. The van der Waals surface area contributed by atoms with E-state index in [1.807, 2.05) is 42.5 Å². The lowest BCUT2D eigenvalue weighted by Gasteiger charge is -2.34. The van der Waals surface area contributed by atoms with Crippen LogP contribution in [0.5, 0.6) is 5.75 Å². The van der Waals surface area contributed by atoms with E-state index >= 15 is 0 Å². The molecule has 4 aromatic carbocycles. The Morgan fingerprint density at radius 2 is 1.70 bits per heavy atom. The summed E-state index contributed by atoms with van der Waals surface area (Å²) < 4.78 is 12.2. The molecule has 8 nitrogen and oxygen atoms in total. The number of benzene rings is 4. The second-order valence-electron chi connectivity index (χ2n) is 11.3. The van der Waals surface area contributed by atoms with Gasteiger partial charge in [-0.25, -0.2) is 0 Å². The third-order valence-corrected chi connectivity index (χ3v) is 8.13. The molecule has 1 saturated heterocycles. The Hall–Kier alpha value is -4.66. The van der Waals surface area contributed by atoms with Crippen LogP contribution in [0.2, 0.25) is 0 Å². The average Bonchev–Trinajstić information content (AvgIpc) is 3.40. The molecule has 6 rings (SSSR count). The quantitative estimate of drug-likeness (QED) is 0.154. The summed E-state index contributed by atoms with van der Waals surface area (Å²) in [6, 6.07) is 25.6. The number of ether oxygens (including phenoxy) is 1. The van der Waals surface area contributed by atoms with Crippen LogP contribution in [0.1, 0.15) is 53.0 Å².